The number of fused-ring (bicyclic) bond motifs is 1. The average molecular weight is 396 g/mol. The Balaban J connectivity index is 1.29. The molecule has 2 aliphatic rings. The molecule has 7 nitrogen and oxygen atoms in total. The lowest BCUT2D eigenvalue weighted by atomic mass is 10.1. The number of nitrogens with zero attached hydrogens (tertiary/aromatic N) is 3. The van der Waals surface area contributed by atoms with Crippen molar-refractivity contribution in [3.05, 3.63) is 47.8 Å². The van der Waals surface area contributed by atoms with Crippen LogP contribution in [0.3, 0.4) is 0 Å². The lowest BCUT2D eigenvalue weighted by Crippen LogP contribution is -2.46. The van der Waals surface area contributed by atoms with Crippen LogP contribution in [0.25, 0.3) is 0 Å². The molecule has 1 aromatic carbocycles. The Bertz CT molecular complexity index is 848. The van der Waals surface area contributed by atoms with Gasteiger partial charge < -0.3 is 19.7 Å². The summed E-state index contributed by atoms with van der Waals surface area (Å²) < 4.78 is 10.9. The second-order valence-corrected chi connectivity index (χ2v) is 7.64. The monoisotopic (exact) mass is 396 g/mol. The average Bonchev–Trinajstić information content (AvgIpc) is 3.22. The first-order chi connectivity index (χ1) is 14.1. The fourth-order valence-corrected chi connectivity index (χ4v) is 3.57. The predicted octanol–water partition coefficient (Wildman–Crippen LogP) is 2.66. The van der Waals surface area contributed by atoms with Gasteiger partial charge in [0.25, 0.3) is 5.91 Å². The molecule has 4 rings (SSSR count). The van der Waals surface area contributed by atoms with Crippen molar-refractivity contribution in [2.75, 3.05) is 37.9 Å². The Labute approximate surface area is 171 Å². The fourth-order valence-electron chi connectivity index (χ4n) is 3.57. The van der Waals surface area contributed by atoms with E-state index in [1.807, 2.05) is 32.0 Å². The first-order valence-electron chi connectivity index (χ1n) is 10.2. The molecule has 0 bridgehead atoms. The SMILES string of the molecule is CCC(C)NC(=O)c1ccc(N2CCN(Cc3ccc4c(c3)OCO4)CC2)cn1. The van der Waals surface area contributed by atoms with Crippen LogP contribution in [0.5, 0.6) is 11.5 Å². The molecule has 29 heavy (non-hydrogen) atoms. The lowest BCUT2D eigenvalue weighted by molar-refractivity contribution is 0.0934. The van der Waals surface area contributed by atoms with Crippen molar-refractivity contribution in [1.82, 2.24) is 15.2 Å². The van der Waals surface area contributed by atoms with E-state index in [1.165, 1.54) is 5.56 Å². The molecule has 1 atom stereocenters. The third-order valence-electron chi connectivity index (χ3n) is 5.55. The quantitative estimate of drug-likeness (QED) is 0.810. The maximum atomic E-state index is 12.2. The third kappa shape index (κ3) is 4.62. The summed E-state index contributed by atoms with van der Waals surface area (Å²) in [6, 6.07) is 10.1. The van der Waals surface area contributed by atoms with Gasteiger partial charge in [-0.2, -0.15) is 0 Å². The molecular formula is C22H28N4O3. The van der Waals surface area contributed by atoms with E-state index in [2.05, 4.69) is 32.2 Å². The number of rotatable bonds is 6. The van der Waals surface area contributed by atoms with Gasteiger partial charge in [0.15, 0.2) is 11.5 Å². The Kier molecular flexibility index (Phi) is 5.85. The highest BCUT2D eigenvalue weighted by atomic mass is 16.7. The molecule has 1 N–H and O–H groups in total. The number of piperazine rings is 1. The number of carbonyl (C=O) groups is 1. The number of hydrogen-bond donors (Lipinski definition) is 1. The summed E-state index contributed by atoms with van der Waals surface area (Å²) in [5, 5.41) is 2.95. The molecule has 1 unspecified atom stereocenters. The van der Waals surface area contributed by atoms with Gasteiger partial charge >= 0.3 is 0 Å². The van der Waals surface area contributed by atoms with Crippen LogP contribution < -0.4 is 19.7 Å². The molecule has 1 saturated heterocycles. The number of ether oxygens (including phenoxy) is 2. The standard InChI is InChI=1S/C22H28N4O3/c1-3-16(2)24-22(27)19-6-5-18(13-23-19)26-10-8-25(9-11-26)14-17-4-7-20-21(12-17)29-15-28-20/h4-7,12-13,16H,3,8-11,14-15H2,1-2H3,(H,24,27). The van der Waals surface area contributed by atoms with Crippen LogP contribution in [0, 0.1) is 0 Å². The van der Waals surface area contributed by atoms with Crippen LogP contribution in [-0.4, -0.2) is 54.8 Å². The molecule has 0 spiro atoms. The molecular weight excluding hydrogens is 368 g/mol. The largest absolute Gasteiger partial charge is 0.454 e. The number of hydrogen-bond acceptors (Lipinski definition) is 6. The van der Waals surface area contributed by atoms with Gasteiger partial charge in [-0.15, -0.1) is 0 Å². The zero-order valence-corrected chi connectivity index (χ0v) is 17.1. The maximum absolute atomic E-state index is 12.2. The first-order valence-corrected chi connectivity index (χ1v) is 10.2. The maximum Gasteiger partial charge on any atom is 0.270 e. The predicted molar refractivity (Wildman–Crippen MR) is 112 cm³/mol. The Hall–Kier alpha value is -2.80. The van der Waals surface area contributed by atoms with Crippen LogP contribution in [0.4, 0.5) is 5.69 Å². The molecule has 0 aliphatic carbocycles. The summed E-state index contributed by atoms with van der Waals surface area (Å²) in [5.41, 5.74) is 2.77. The minimum Gasteiger partial charge on any atom is -0.454 e. The Morgan fingerprint density at radius 2 is 1.93 bits per heavy atom. The molecule has 2 aromatic rings. The lowest BCUT2D eigenvalue weighted by Gasteiger charge is -2.36. The highest BCUT2D eigenvalue weighted by Crippen LogP contribution is 2.32. The minimum absolute atomic E-state index is 0.112. The number of aromatic nitrogens is 1. The van der Waals surface area contributed by atoms with E-state index in [4.69, 9.17) is 9.47 Å². The molecule has 7 heteroatoms. The molecule has 1 fully saturated rings. The minimum atomic E-state index is -0.112. The van der Waals surface area contributed by atoms with E-state index < -0.39 is 0 Å². The normalized spacial score (nSPS) is 17.2. The van der Waals surface area contributed by atoms with Gasteiger partial charge in [-0.3, -0.25) is 9.69 Å². The van der Waals surface area contributed by atoms with E-state index in [0.717, 1.165) is 56.3 Å². The van der Waals surface area contributed by atoms with E-state index >= 15 is 0 Å². The molecule has 0 radical (unpaired) electrons. The second-order valence-electron chi connectivity index (χ2n) is 7.64. The van der Waals surface area contributed by atoms with Gasteiger partial charge in [-0.05, 0) is 43.2 Å². The first kappa shape index (κ1) is 19.5. The summed E-state index contributed by atoms with van der Waals surface area (Å²) >= 11 is 0. The van der Waals surface area contributed by atoms with E-state index in [1.54, 1.807) is 6.20 Å². The molecule has 1 aromatic heterocycles. The Morgan fingerprint density at radius 1 is 1.14 bits per heavy atom. The van der Waals surface area contributed by atoms with Gasteiger partial charge in [-0.25, -0.2) is 4.98 Å². The van der Waals surface area contributed by atoms with Gasteiger partial charge in [0.05, 0.1) is 11.9 Å². The smallest absolute Gasteiger partial charge is 0.270 e. The summed E-state index contributed by atoms with van der Waals surface area (Å²) in [4.78, 5) is 21.3. The van der Waals surface area contributed by atoms with Crippen molar-refractivity contribution in [3.63, 3.8) is 0 Å². The number of carbonyl (C=O) groups excluding carboxylic acids is 1. The van der Waals surface area contributed by atoms with Crippen molar-refractivity contribution in [2.24, 2.45) is 0 Å². The number of pyridine rings is 1. The van der Waals surface area contributed by atoms with Gasteiger partial charge in [0, 0.05) is 38.8 Å². The van der Waals surface area contributed by atoms with Crippen molar-refractivity contribution >= 4 is 11.6 Å². The number of nitrogens with one attached hydrogen (secondary N) is 1. The zero-order chi connectivity index (χ0) is 20.2. The van der Waals surface area contributed by atoms with Crippen LogP contribution >= 0.6 is 0 Å². The topological polar surface area (TPSA) is 66.9 Å². The Morgan fingerprint density at radius 3 is 2.66 bits per heavy atom. The van der Waals surface area contributed by atoms with Crippen LogP contribution in [0.1, 0.15) is 36.3 Å². The second kappa shape index (κ2) is 8.69. The number of amides is 1. The molecule has 3 heterocycles. The van der Waals surface area contributed by atoms with Crippen molar-refractivity contribution in [2.45, 2.75) is 32.9 Å². The van der Waals surface area contributed by atoms with Crippen LogP contribution in [-0.2, 0) is 6.54 Å². The molecule has 0 saturated carbocycles. The van der Waals surface area contributed by atoms with E-state index in [0.29, 0.717) is 12.5 Å². The summed E-state index contributed by atoms with van der Waals surface area (Å²) in [6.07, 6.45) is 2.71. The summed E-state index contributed by atoms with van der Waals surface area (Å²) in [6.45, 7) is 9.08. The van der Waals surface area contributed by atoms with Crippen molar-refractivity contribution < 1.29 is 14.3 Å². The van der Waals surface area contributed by atoms with Gasteiger partial charge in [0.2, 0.25) is 6.79 Å². The highest BCUT2D eigenvalue weighted by Gasteiger charge is 2.20. The van der Waals surface area contributed by atoms with E-state index in [-0.39, 0.29) is 11.9 Å². The number of benzene rings is 1. The van der Waals surface area contributed by atoms with Crippen LogP contribution in [0.2, 0.25) is 0 Å². The van der Waals surface area contributed by atoms with Gasteiger partial charge in [0.1, 0.15) is 5.69 Å². The van der Waals surface area contributed by atoms with E-state index in [9.17, 15) is 4.79 Å². The summed E-state index contributed by atoms with van der Waals surface area (Å²) in [7, 11) is 0. The van der Waals surface area contributed by atoms with Crippen molar-refractivity contribution in [3.8, 4) is 11.5 Å². The van der Waals surface area contributed by atoms with Gasteiger partial charge in [-0.1, -0.05) is 13.0 Å². The van der Waals surface area contributed by atoms with Crippen LogP contribution in [0.15, 0.2) is 36.5 Å². The van der Waals surface area contributed by atoms with Crippen molar-refractivity contribution in [1.29, 1.82) is 0 Å². The highest BCUT2D eigenvalue weighted by molar-refractivity contribution is 5.92. The third-order valence-corrected chi connectivity index (χ3v) is 5.55. The molecule has 1 amide bonds. The zero-order valence-electron chi connectivity index (χ0n) is 17.1. The molecule has 2 aliphatic heterocycles. The fraction of sp³-hybridized carbons (Fsp3) is 0.455. The number of anilines is 1. The molecule has 154 valence electrons. The summed E-state index contributed by atoms with van der Waals surface area (Å²) in [5.74, 6) is 1.55.